The molecule has 7 nitrogen and oxygen atoms in total. The molecule has 0 aromatic carbocycles. The zero-order valence-electron chi connectivity index (χ0n) is 8.91. The van der Waals surface area contributed by atoms with Crippen molar-refractivity contribution in [3.63, 3.8) is 0 Å². The van der Waals surface area contributed by atoms with Gasteiger partial charge >= 0.3 is 0 Å². The van der Waals surface area contributed by atoms with E-state index >= 15 is 0 Å². The van der Waals surface area contributed by atoms with Gasteiger partial charge in [0.15, 0.2) is 0 Å². The van der Waals surface area contributed by atoms with Gasteiger partial charge in [0, 0.05) is 25.4 Å². The van der Waals surface area contributed by atoms with Crippen molar-refractivity contribution in [1.29, 1.82) is 0 Å². The number of hydrogen-bond acceptors (Lipinski definition) is 6. The molecule has 0 aliphatic heterocycles. The summed E-state index contributed by atoms with van der Waals surface area (Å²) < 4.78 is 31.3. The van der Waals surface area contributed by atoms with E-state index in [2.05, 4.69) is 0 Å². The molecule has 1 atom stereocenters. The third-order valence-electron chi connectivity index (χ3n) is 2.55. The van der Waals surface area contributed by atoms with Gasteiger partial charge in [0.1, 0.15) is 5.25 Å². The first-order valence-electron chi connectivity index (χ1n) is 4.89. The highest BCUT2D eigenvalue weighted by atomic mass is 32.2. The van der Waals surface area contributed by atoms with Crippen molar-refractivity contribution < 1.29 is 28.3 Å². The van der Waals surface area contributed by atoms with Gasteiger partial charge in [0.25, 0.3) is 10.1 Å². The lowest BCUT2D eigenvalue weighted by molar-refractivity contribution is 0.173. The predicted molar refractivity (Wildman–Crippen MR) is 57.4 cm³/mol. The van der Waals surface area contributed by atoms with Crippen LogP contribution in [0.4, 0.5) is 0 Å². The second-order valence-electron chi connectivity index (χ2n) is 3.70. The minimum atomic E-state index is -4.44. The minimum Gasteiger partial charge on any atom is -0.396 e. The van der Waals surface area contributed by atoms with Gasteiger partial charge in [-0.05, 0) is 19.3 Å². The van der Waals surface area contributed by atoms with Crippen molar-refractivity contribution in [3.8, 4) is 0 Å². The molecule has 0 heterocycles. The molecule has 0 fully saturated rings. The molecule has 0 spiro atoms. The summed E-state index contributed by atoms with van der Waals surface area (Å²) in [5.41, 5.74) is 4.32. The van der Waals surface area contributed by atoms with Gasteiger partial charge in [-0.2, -0.15) is 8.42 Å². The topological polar surface area (TPSA) is 141 Å². The third-order valence-corrected chi connectivity index (χ3v) is 3.97. The number of rotatable bonds is 8. The Morgan fingerprint density at radius 1 is 1.06 bits per heavy atom. The van der Waals surface area contributed by atoms with Crippen LogP contribution < -0.4 is 5.73 Å². The highest BCUT2D eigenvalue weighted by molar-refractivity contribution is 7.86. The Labute approximate surface area is 94.6 Å². The van der Waals surface area contributed by atoms with Crippen LogP contribution in [0.15, 0.2) is 0 Å². The summed E-state index contributed by atoms with van der Waals surface area (Å²) in [7, 11) is -4.44. The number of aliphatic hydroxyl groups is 3. The van der Waals surface area contributed by atoms with E-state index in [1.54, 1.807) is 0 Å². The zero-order chi connectivity index (χ0) is 12.8. The molecule has 1 unspecified atom stereocenters. The van der Waals surface area contributed by atoms with Gasteiger partial charge in [0.05, 0.1) is 0 Å². The largest absolute Gasteiger partial charge is 0.396 e. The third kappa shape index (κ3) is 4.32. The van der Waals surface area contributed by atoms with Gasteiger partial charge in [-0.1, -0.05) is 0 Å². The number of hydrogen-bond donors (Lipinski definition) is 5. The van der Waals surface area contributed by atoms with Crippen LogP contribution in [0.2, 0.25) is 0 Å². The Morgan fingerprint density at radius 3 is 1.75 bits per heavy atom. The van der Waals surface area contributed by atoms with E-state index in [-0.39, 0.29) is 32.5 Å². The van der Waals surface area contributed by atoms with Crippen molar-refractivity contribution in [3.05, 3.63) is 0 Å². The Morgan fingerprint density at radius 2 is 1.50 bits per heavy atom. The molecule has 6 N–H and O–H groups in total. The molecule has 98 valence electrons. The monoisotopic (exact) mass is 257 g/mol. The van der Waals surface area contributed by atoms with E-state index in [1.165, 1.54) is 0 Å². The summed E-state index contributed by atoms with van der Waals surface area (Å²) in [6.45, 7) is -1.19. The summed E-state index contributed by atoms with van der Waals surface area (Å²) >= 11 is 0. The first kappa shape index (κ1) is 15.8. The van der Waals surface area contributed by atoms with Gasteiger partial charge in [0.2, 0.25) is 0 Å². The summed E-state index contributed by atoms with van der Waals surface area (Å²) in [4.78, 5) is 0. The second kappa shape index (κ2) is 6.48. The molecule has 0 rings (SSSR count). The van der Waals surface area contributed by atoms with Crippen LogP contribution in [-0.4, -0.2) is 58.9 Å². The first-order valence-corrected chi connectivity index (χ1v) is 6.40. The highest BCUT2D eigenvalue weighted by Crippen LogP contribution is 2.24. The SMILES string of the molecule is NC(CCO)(CCO)C(CCO)S(=O)(=O)O. The maximum atomic E-state index is 11.1. The normalized spacial score (nSPS) is 15.1. The standard InChI is InChI=1S/C8H19NO6S/c9-8(2-5-11,3-6-12)7(1-4-10)16(13,14)15/h7,10-12H,1-6,9H2,(H,13,14,15). The van der Waals surface area contributed by atoms with Gasteiger partial charge in [-0.25, -0.2) is 0 Å². The Bertz CT molecular complexity index is 285. The van der Waals surface area contributed by atoms with E-state index in [9.17, 15) is 8.42 Å². The van der Waals surface area contributed by atoms with Crippen molar-refractivity contribution >= 4 is 10.1 Å². The number of nitrogens with two attached hydrogens (primary N) is 1. The van der Waals surface area contributed by atoms with Crippen molar-refractivity contribution in [2.24, 2.45) is 5.73 Å². The quantitative estimate of drug-likeness (QED) is 0.319. The fourth-order valence-electron chi connectivity index (χ4n) is 1.71. The zero-order valence-corrected chi connectivity index (χ0v) is 9.73. The molecule has 0 aromatic rings. The smallest absolute Gasteiger partial charge is 0.269 e. The molecular weight excluding hydrogens is 238 g/mol. The molecule has 0 aliphatic carbocycles. The fraction of sp³-hybridized carbons (Fsp3) is 1.00. The van der Waals surface area contributed by atoms with Crippen LogP contribution in [0.1, 0.15) is 19.3 Å². The van der Waals surface area contributed by atoms with Crippen LogP contribution in [0.25, 0.3) is 0 Å². The van der Waals surface area contributed by atoms with Crippen LogP contribution in [0, 0.1) is 0 Å². The molecule has 8 heteroatoms. The number of aliphatic hydroxyl groups excluding tert-OH is 3. The summed E-state index contributed by atoms with van der Waals surface area (Å²) in [6.07, 6.45) is -0.411. The second-order valence-corrected chi connectivity index (χ2v) is 5.30. The molecular formula is C8H19NO6S. The molecule has 0 radical (unpaired) electrons. The summed E-state index contributed by atoms with van der Waals surface area (Å²) in [5.74, 6) is 0. The summed E-state index contributed by atoms with van der Waals surface area (Å²) in [5, 5.41) is 25.0. The molecule has 0 amide bonds. The summed E-state index contributed by atoms with van der Waals surface area (Å²) in [6, 6.07) is 0. The average molecular weight is 257 g/mol. The molecule has 0 bridgehead atoms. The fourth-order valence-corrected chi connectivity index (χ4v) is 2.95. The molecule has 0 aliphatic rings. The van der Waals surface area contributed by atoms with Crippen LogP contribution in [0.5, 0.6) is 0 Å². The van der Waals surface area contributed by atoms with Crippen molar-refractivity contribution in [2.75, 3.05) is 19.8 Å². The Kier molecular flexibility index (Phi) is 6.38. The van der Waals surface area contributed by atoms with E-state index < -0.39 is 27.5 Å². The highest BCUT2D eigenvalue weighted by Gasteiger charge is 2.41. The van der Waals surface area contributed by atoms with Crippen LogP contribution in [0.3, 0.4) is 0 Å². The lowest BCUT2D eigenvalue weighted by Gasteiger charge is -2.34. The molecule has 0 saturated carbocycles. The van der Waals surface area contributed by atoms with E-state index in [0.29, 0.717) is 0 Å². The van der Waals surface area contributed by atoms with Gasteiger partial charge < -0.3 is 21.1 Å². The lowest BCUT2D eigenvalue weighted by atomic mass is 9.87. The maximum Gasteiger partial charge on any atom is 0.269 e. The Balaban J connectivity index is 5.09. The van der Waals surface area contributed by atoms with Gasteiger partial charge in [-0.3, -0.25) is 4.55 Å². The molecule has 0 saturated heterocycles. The van der Waals surface area contributed by atoms with Crippen molar-refractivity contribution in [1.82, 2.24) is 0 Å². The predicted octanol–water partition coefficient (Wildman–Crippen LogP) is -1.91. The lowest BCUT2D eigenvalue weighted by Crippen LogP contribution is -2.55. The van der Waals surface area contributed by atoms with Gasteiger partial charge in [-0.15, -0.1) is 0 Å². The van der Waals surface area contributed by atoms with E-state index in [1.807, 2.05) is 0 Å². The minimum absolute atomic E-state index is 0.0853. The average Bonchev–Trinajstić information content (AvgIpc) is 2.13. The van der Waals surface area contributed by atoms with E-state index in [4.69, 9.17) is 25.6 Å². The maximum absolute atomic E-state index is 11.1. The molecule has 0 aromatic heterocycles. The molecule has 16 heavy (non-hydrogen) atoms. The van der Waals surface area contributed by atoms with Crippen molar-refractivity contribution in [2.45, 2.75) is 30.1 Å². The van der Waals surface area contributed by atoms with E-state index in [0.717, 1.165) is 0 Å². The van der Waals surface area contributed by atoms with Crippen LogP contribution >= 0.6 is 0 Å². The first-order chi connectivity index (χ1) is 7.31. The van der Waals surface area contributed by atoms with Crippen LogP contribution in [-0.2, 0) is 10.1 Å². The Hall–Kier alpha value is -0.250.